The molecule has 3 rings (SSSR count). The second-order valence-electron chi connectivity index (χ2n) is 7.03. The zero-order valence-electron chi connectivity index (χ0n) is 15.3. The van der Waals surface area contributed by atoms with E-state index < -0.39 is 5.54 Å². The molecule has 1 amide bonds. The molecule has 0 saturated heterocycles. The number of benzene rings is 1. The zero-order chi connectivity index (χ0) is 18.1. The molecule has 3 N–H and O–H groups in total. The van der Waals surface area contributed by atoms with Gasteiger partial charge in [-0.1, -0.05) is 44.2 Å². The Kier molecular flexibility index (Phi) is 6.45. The van der Waals surface area contributed by atoms with Crippen LogP contribution in [0.2, 0.25) is 0 Å². The predicted octanol–water partition coefficient (Wildman–Crippen LogP) is 3.38. The Morgan fingerprint density at radius 1 is 1.38 bits per heavy atom. The fourth-order valence-electron chi connectivity index (χ4n) is 3.25. The van der Waals surface area contributed by atoms with Crippen LogP contribution in [-0.4, -0.2) is 29.1 Å². The van der Waals surface area contributed by atoms with Crippen LogP contribution in [0.3, 0.4) is 0 Å². The van der Waals surface area contributed by atoms with Gasteiger partial charge in [-0.25, -0.2) is 4.98 Å². The molecule has 0 bridgehead atoms. The van der Waals surface area contributed by atoms with E-state index in [1.165, 1.54) is 0 Å². The van der Waals surface area contributed by atoms with Gasteiger partial charge < -0.3 is 15.8 Å². The Bertz CT molecular complexity index is 750. The molecule has 2 atom stereocenters. The zero-order valence-corrected chi connectivity index (χ0v) is 17.0. The Morgan fingerprint density at radius 3 is 2.69 bits per heavy atom. The van der Waals surface area contributed by atoms with Crippen molar-refractivity contribution in [2.24, 2.45) is 11.1 Å². The van der Waals surface area contributed by atoms with Crippen molar-refractivity contribution in [3.63, 3.8) is 0 Å². The highest BCUT2D eigenvalue weighted by molar-refractivity contribution is 7.13. The van der Waals surface area contributed by atoms with E-state index in [4.69, 9.17) is 10.5 Å². The molecule has 26 heavy (non-hydrogen) atoms. The number of nitrogens with zero attached hydrogens (tertiary/aromatic N) is 1. The first kappa shape index (κ1) is 20.8. The van der Waals surface area contributed by atoms with Crippen LogP contribution in [0.1, 0.15) is 32.9 Å². The topological polar surface area (TPSA) is 77.2 Å². The van der Waals surface area contributed by atoms with Gasteiger partial charge in [-0.15, -0.1) is 23.7 Å². The molecular formula is C19H26ClN3O2S. The number of ether oxygens (including phenoxy) is 1. The van der Waals surface area contributed by atoms with Gasteiger partial charge in [0.25, 0.3) is 0 Å². The highest BCUT2D eigenvalue weighted by Crippen LogP contribution is 2.49. The maximum Gasteiger partial charge on any atom is 0.241 e. The fourth-order valence-corrected chi connectivity index (χ4v) is 4.08. The third kappa shape index (κ3) is 3.64. The number of hydrogen-bond donors (Lipinski definition) is 2. The molecule has 1 aliphatic carbocycles. The van der Waals surface area contributed by atoms with Gasteiger partial charge in [-0.3, -0.25) is 4.79 Å². The fraction of sp³-hybridized carbons (Fsp3) is 0.474. The second-order valence-corrected chi connectivity index (χ2v) is 7.89. The normalized spacial score (nSPS) is 23.6. The molecule has 0 aliphatic heterocycles. The summed E-state index contributed by atoms with van der Waals surface area (Å²) >= 11 is 1.57. The summed E-state index contributed by atoms with van der Waals surface area (Å²) < 4.78 is 5.68. The van der Waals surface area contributed by atoms with E-state index in [9.17, 15) is 4.79 Å². The molecule has 5 nitrogen and oxygen atoms in total. The summed E-state index contributed by atoms with van der Waals surface area (Å²) in [6, 6.07) is 10.0. The van der Waals surface area contributed by atoms with Gasteiger partial charge in [0.05, 0.1) is 18.3 Å². The lowest BCUT2D eigenvalue weighted by Gasteiger charge is -2.57. The molecule has 1 aliphatic rings. The van der Waals surface area contributed by atoms with E-state index in [0.717, 1.165) is 16.3 Å². The van der Waals surface area contributed by atoms with Crippen LogP contribution in [0.15, 0.2) is 35.7 Å². The largest absolute Gasteiger partial charge is 0.378 e. The van der Waals surface area contributed by atoms with Gasteiger partial charge in [0.15, 0.2) is 0 Å². The summed E-state index contributed by atoms with van der Waals surface area (Å²) in [6.45, 7) is 6.96. The molecule has 0 spiro atoms. The van der Waals surface area contributed by atoms with Crippen molar-refractivity contribution in [2.45, 2.75) is 45.4 Å². The number of rotatable bonds is 6. The number of amides is 1. The van der Waals surface area contributed by atoms with Crippen LogP contribution in [0.25, 0.3) is 10.6 Å². The smallest absolute Gasteiger partial charge is 0.241 e. The first-order chi connectivity index (χ1) is 11.9. The number of nitrogens with two attached hydrogens (primary N) is 1. The minimum absolute atomic E-state index is 0. The standard InChI is InChI=1S/C19H25N3O2S.ClH/c1-4-24-15-10-19(20,18(15,2)3)17(23)21-11-14-12-25-16(22-14)13-8-6-5-7-9-13;/h5-9,12,15H,4,10-11,20H2,1-3H3,(H,21,23);1H. The highest BCUT2D eigenvalue weighted by Gasteiger charge is 2.62. The van der Waals surface area contributed by atoms with Crippen molar-refractivity contribution in [3.05, 3.63) is 41.4 Å². The van der Waals surface area contributed by atoms with Gasteiger partial charge in [0.2, 0.25) is 5.91 Å². The van der Waals surface area contributed by atoms with Gasteiger partial charge in [0.1, 0.15) is 10.5 Å². The van der Waals surface area contributed by atoms with Crippen LogP contribution >= 0.6 is 23.7 Å². The van der Waals surface area contributed by atoms with Crippen molar-refractivity contribution >= 4 is 29.7 Å². The summed E-state index contributed by atoms with van der Waals surface area (Å²) in [5, 5.41) is 5.87. The number of aromatic nitrogens is 1. The van der Waals surface area contributed by atoms with Crippen molar-refractivity contribution in [2.75, 3.05) is 6.61 Å². The Labute approximate surface area is 164 Å². The van der Waals surface area contributed by atoms with Crippen molar-refractivity contribution in [1.29, 1.82) is 0 Å². The minimum Gasteiger partial charge on any atom is -0.378 e. The third-order valence-corrected chi connectivity index (χ3v) is 6.18. The molecule has 1 fully saturated rings. The molecule has 1 heterocycles. The summed E-state index contributed by atoms with van der Waals surface area (Å²) in [7, 11) is 0. The number of carbonyl (C=O) groups excluding carboxylic acids is 1. The second kappa shape index (κ2) is 8.05. The summed E-state index contributed by atoms with van der Waals surface area (Å²) in [4.78, 5) is 17.2. The van der Waals surface area contributed by atoms with Gasteiger partial charge in [-0.2, -0.15) is 0 Å². The summed E-state index contributed by atoms with van der Waals surface area (Å²) in [5.74, 6) is -0.136. The van der Waals surface area contributed by atoms with E-state index in [1.54, 1.807) is 11.3 Å². The van der Waals surface area contributed by atoms with E-state index in [0.29, 0.717) is 19.6 Å². The van der Waals surface area contributed by atoms with Crippen LogP contribution < -0.4 is 11.1 Å². The predicted molar refractivity (Wildman–Crippen MR) is 107 cm³/mol. The third-order valence-electron chi connectivity index (χ3n) is 5.24. The number of hydrogen-bond acceptors (Lipinski definition) is 5. The van der Waals surface area contributed by atoms with E-state index in [1.807, 2.05) is 56.5 Å². The molecule has 2 unspecified atom stereocenters. The summed E-state index contributed by atoms with van der Waals surface area (Å²) in [6.07, 6.45) is 0.573. The van der Waals surface area contributed by atoms with E-state index >= 15 is 0 Å². The maximum absolute atomic E-state index is 12.6. The van der Waals surface area contributed by atoms with Gasteiger partial charge >= 0.3 is 0 Å². The highest BCUT2D eigenvalue weighted by atomic mass is 35.5. The van der Waals surface area contributed by atoms with Crippen LogP contribution in [0, 0.1) is 5.41 Å². The lowest BCUT2D eigenvalue weighted by molar-refractivity contribution is -0.170. The minimum atomic E-state index is -0.898. The lowest BCUT2D eigenvalue weighted by Crippen LogP contribution is -2.75. The first-order valence-corrected chi connectivity index (χ1v) is 9.45. The molecule has 0 radical (unpaired) electrons. The monoisotopic (exact) mass is 395 g/mol. The SMILES string of the molecule is CCOC1CC(N)(C(=O)NCc2csc(-c3ccccc3)n2)C1(C)C.Cl. The van der Waals surface area contributed by atoms with Crippen molar-refractivity contribution in [3.8, 4) is 10.6 Å². The average Bonchev–Trinajstić information content (AvgIpc) is 3.09. The Hall–Kier alpha value is -1.47. The quantitative estimate of drug-likeness (QED) is 0.785. The lowest BCUT2D eigenvalue weighted by atomic mass is 9.54. The van der Waals surface area contributed by atoms with Crippen molar-refractivity contribution < 1.29 is 9.53 Å². The number of nitrogens with one attached hydrogen (secondary N) is 1. The Morgan fingerprint density at radius 2 is 2.08 bits per heavy atom. The van der Waals surface area contributed by atoms with Gasteiger partial charge in [0, 0.05) is 29.4 Å². The molecule has 1 saturated carbocycles. The molecule has 2 aromatic rings. The van der Waals surface area contributed by atoms with Crippen LogP contribution in [0.5, 0.6) is 0 Å². The van der Waals surface area contributed by atoms with E-state index in [2.05, 4.69) is 10.3 Å². The van der Waals surface area contributed by atoms with Gasteiger partial charge in [-0.05, 0) is 6.92 Å². The number of carbonyl (C=O) groups is 1. The molecule has 1 aromatic carbocycles. The van der Waals surface area contributed by atoms with E-state index in [-0.39, 0.29) is 29.8 Å². The number of halogens is 1. The Balaban J connectivity index is 0.00000243. The number of thiazole rings is 1. The molecular weight excluding hydrogens is 370 g/mol. The summed E-state index contributed by atoms with van der Waals surface area (Å²) in [5.41, 5.74) is 7.04. The van der Waals surface area contributed by atoms with Crippen LogP contribution in [-0.2, 0) is 16.1 Å². The molecule has 1 aromatic heterocycles. The molecule has 7 heteroatoms. The average molecular weight is 396 g/mol. The van der Waals surface area contributed by atoms with Crippen LogP contribution in [0.4, 0.5) is 0 Å². The molecule has 142 valence electrons. The maximum atomic E-state index is 12.6. The van der Waals surface area contributed by atoms with Crippen molar-refractivity contribution in [1.82, 2.24) is 10.3 Å². The first-order valence-electron chi connectivity index (χ1n) is 8.57.